The summed E-state index contributed by atoms with van der Waals surface area (Å²) in [5.41, 5.74) is 0.554. The fourth-order valence-corrected chi connectivity index (χ4v) is 1.68. The Bertz CT molecular complexity index is 349. The molecule has 0 bridgehead atoms. The molecule has 0 saturated carbocycles. The van der Waals surface area contributed by atoms with E-state index in [2.05, 4.69) is 0 Å². The van der Waals surface area contributed by atoms with Gasteiger partial charge in [-0.1, -0.05) is 44.2 Å². The number of benzene rings is 1. The van der Waals surface area contributed by atoms with Crippen LogP contribution in [0.25, 0.3) is 0 Å². The summed E-state index contributed by atoms with van der Waals surface area (Å²) in [7, 11) is 0. The van der Waals surface area contributed by atoms with Crippen LogP contribution in [0, 0.1) is 5.92 Å². The summed E-state index contributed by atoms with van der Waals surface area (Å²) in [6.07, 6.45) is -6.33. The lowest BCUT2D eigenvalue weighted by Crippen LogP contribution is -2.32. The zero-order chi connectivity index (χ0) is 13.8. The van der Waals surface area contributed by atoms with Crippen molar-refractivity contribution in [2.45, 2.75) is 32.2 Å². The number of alkyl halides is 3. The Labute approximate surface area is 104 Å². The number of hydrogen-bond acceptors (Lipinski definition) is 2. The Balaban J connectivity index is 2.73. The molecule has 0 spiro atoms. The fourth-order valence-electron chi connectivity index (χ4n) is 1.68. The summed E-state index contributed by atoms with van der Waals surface area (Å²) in [5.74, 6) is -0.220. The van der Waals surface area contributed by atoms with Gasteiger partial charge in [0.2, 0.25) is 0 Å². The topological polar surface area (TPSA) is 29.5 Å². The summed E-state index contributed by atoms with van der Waals surface area (Å²) in [6.45, 7) is 2.08. The second kappa shape index (κ2) is 6.20. The Morgan fingerprint density at radius 3 is 2.17 bits per heavy atom. The highest BCUT2D eigenvalue weighted by Gasteiger charge is 2.33. The number of halogens is 3. The standard InChI is InChI=1S/C13H17F3O2/c1-9(2)12(18-8-13(14,15)16)11(17)10-6-4-3-5-7-10/h3-7,9,11-12,17H,8H2,1-2H3. The van der Waals surface area contributed by atoms with Crippen LogP contribution in [0.3, 0.4) is 0 Å². The highest BCUT2D eigenvalue weighted by molar-refractivity contribution is 5.18. The zero-order valence-corrected chi connectivity index (χ0v) is 10.3. The van der Waals surface area contributed by atoms with E-state index in [9.17, 15) is 18.3 Å². The number of ether oxygens (including phenoxy) is 1. The molecule has 0 saturated heterocycles. The third kappa shape index (κ3) is 4.66. The summed E-state index contributed by atoms with van der Waals surface area (Å²) >= 11 is 0. The molecule has 1 aromatic rings. The first-order valence-electron chi connectivity index (χ1n) is 5.72. The first-order chi connectivity index (χ1) is 8.31. The molecule has 0 radical (unpaired) electrons. The highest BCUT2D eigenvalue weighted by Crippen LogP contribution is 2.26. The molecule has 1 aromatic carbocycles. The first kappa shape index (κ1) is 15.0. The van der Waals surface area contributed by atoms with Crippen molar-refractivity contribution < 1.29 is 23.0 Å². The number of hydrogen-bond donors (Lipinski definition) is 1. The predicted octanol–water partition coefficient (Wildman–Crippen LogP) is 3.32. The maximum absolute atomic E-state index is 12.1. The molecule has 0 heterocycles. The average Bonchev–Trinajstić information content (AvgIpc) is 2.28. The van der Waals surface area contributed by atoms with Gasteiger partial charge in [0, 0.05) is 0 Å². The number of rotatable bonds is 5. The fraction of sp³-hybridized carbons (Fsp3) is 0.538. The van der Waals surface area contributed by atoms with Crippen LogP contribution in [-0.2, 0) is 4.74 Å². The van der Waals surface area contributed by atoms with Crippen molar-refractivity contribution in [3.05, 3.63) is 35.9 Å². The van der Waals surface area contributed by atoms with Crippen molar-refractivity contribution in [3.63, 3.8) is 0 Å². The van der Waals surface area contributed by atoms with Crippen molar-refractivity contribution in [1.29, 1.82) is 0 Å². The van der Waals surface area contributed by atoms with Gasteiger partial charge in [-0.15, -0.1) is 0 Å². The molecular formula is C13H17F3O2. The van der Waals surface area contributed by atoms with Crippen LogP contribution in [0.4, 0.5) is 13.2 Å². The summed E-state index contributed by atoms with van der Waals surface area (Å²) in [6, 6.07) is 8.55. The van der Waals surface area contributed by atoms with Gasteiger partial charge in [0.05, 0.1) is 6.10 Å². The van der Waals surface area contributed by atoms with E-state index in [1.807, 2.05) is 0 Å². The monoisotopic (exact) mass is 262 g/mol. The molecule has 102 valence electrons. The summed E-state index contributed by atoms with van der Waals surface area (Å²) in [4.78, 5) is 0. The summed E-state index contributed by atoms with van der Waals surface area (Å²) in [5, 5.41) is 10.1. The zero-order valence-electron chi connectivity index (χ0n) is 10.3. The quantitative estimate of drug-likeness (QED) is 0.882. The van der Waals surface area contributed by atoms with Crippen LogP contribution in [0.15, 0.2) is 30.3 Å². The van der Waals surface area contributed by atoms with E-state index in [1.54, 1.807) is 44.2 Å². The molecule has 2 nitrogen and oxygen atoms in total. The lowest BCUT2D eigenvalue weighted by molar-refractivity contribution is -0.201. The van der Waals surface area contributed by atoms with Crippen LogP contribution < -0.4 is 0 Å². The molecule has 1 N–H and O–H groups in total. The van der Waals surface area contributed by atoms with Gasteiger partial charge < -0.3 is 9.84 Å². The van der Waals surface area contributed by atoms with E-state index in [-0.39, 0.29) is 5.92 Å². The van der Waals surface area contributed by atoms with E-state index < -0.39 is 25.0 Å². The molecule has 0 aliphatic carbocycles. The van der Waals surface area contributed by atoms with Gasteiger partial charge in [0.1, 0.15) is 12.7 Å². The van der Waals surface area contributed by atoms with Crippen LogP contribution in [0.2, 0.25) is 0 Å². The van der Waals surface area contributed by atoms with Crippen LogP contribution in [-0.4, -0.2) is 24.0 Å². The SMILES string of the molecule is CC(C)C(OCC(F)(F)F)C(O)c1ccccc1. The lowest BCUT2D eigenvalue weighted by Gasteiger charge is -2.27. The highest BCUT2D eigenvalue weighted by atomic mass is 19.4. The van der Waals surface area contributed by atoms with Crippen LogP contribution in [0.1, 0.15) is 25.5 Å². The van der Waals surface area contributed by atoms with Crippen LogP contribution >= 0.6 is 0 Å². The number of aliphatic hydroxyl groups excluding tert-OH is 1. The van der Waals surface area contributed by atoms with Gasteiger partial charge >= 0.3 is 6.18 Å². The van der Waals surface area contributed by atoms with Crippen molar-refractivity contribution in [3.8, 4) is 0 Å². The molecule has 2 atom stereocenters. The second-order valence-electron chi connectivity index (χ2n) is 4.49. The molecule has 0 aliphatic rings. The van der Waals surface area contributed by atoms with Crippen molar-refractivity contribution in [2.75, 3.05) is 6.61 Å². The average molecular weight is 262 g/mol. The Morgan fingerprint density at radius 1 is 1.17 bits per heavy atom. The van der Waals surface area contributed by atoms with Crippen LogP contribution in [0.5, 0.6) is 0 Å². The molecular weight excluding hydrogens is 245 g/mol. The molecule has 18 heavy (non-hydrogen) atoms. The van der Waals surface area contributed by atoms with Gasteiger partial charge in [-0.05, 0) is 11.5 Å². The van der Waals surface area contributed by atoms with E-state index in [1.165, 1.54) is 0 Å². The molecule has 0 fully saturated rings. The Morgan fingerprint density at radius 2 is 1.72 bits per heavy atom. The van der Waals surface area contributed by atoms with E-state index in [0.717, 1.165) is 0 Å². The van der Waals surface area contributed by atoms with Crippen molar-refractivity contribution in [2.24, 2.45) is 5.92 Å². The molecule has 0 amide bonds. The minimum atomic E-state index is -4.39. The van der Waals surface area contributed by atoms with Gasteiger partial charge in [-0.25, -0.2) is 0 Å². The minimum Gasteiger partial charge on any atom is -0.386 e. The molecule has 5 heteroatoms. The van der Waals surface area contributed by atoms with Crippen molar-refractivity contribution in [1.82, 2.24) is 0 Å². The first-order valence-corrected chi connectivity index (χ1v) is 5.72. The second-order valence-corrected chi connectivity index (χ2v) is 4.49. The molecule has 0 aromatic heterocycles. The minimum absolute atomic E-state index is 0.220. The third-order valence-corrected chi connectivity index (χ3v) is 2.55. The molecule has 2 unspecified atom stereocenters. The van der Waals surface area contributed by atoms with Gasteiger partial charge in [-0.3, -0.25) is 0 Å². The number of aliphatic hydroxyl groups is 1. The predicted molar refractivity (Wildman–Crippen MR) is 62.0 cm³/mol. The smallest absolute Gasteiger partial charge is 0.386 e. The van der Waals surface area contributed by atoms with Gasteiger partial charge in [-0.2, -0.15) is 13.2 Å². The van der Waals surface area contributed by atoms with E-state index in [0.29, 0.717) is 5.56 Å². The Kier molecular flexibility index (Phi) is 5.16. The van der Waals surface area contributed by atoms with Gasteiger partial charge in [0.25, 0.3) is 0 Å². The third-order valence-electron chi connectivity index (χ3n) is 2.55. The lowest BCUT2D eigenvalue weighted by atomic mass is 9.96. The molecule has 1 rings (SSSR count). The maximum Gasteiger partial charge on any atom is 0.411 e. The molecule has 0 aliphatic heterocycles. The van der Waals surface area contributed by atoms with Gasteiger partial charge in [0.15, 0.2) is 0 Å². The van der Waals surface area contributed by atoms with Crippen molar-refractivity contribution >= 4 is 0 Å². The largest absolute Gasteiger partial charge is 0.411 e. The Hall–Kier alpha value is -1.07. The van der Waals surface area contributed by atoms with E-state index >= 15 is 0 Å². The summed E-state index contributed by atoms with van der Waals surface area (Å²) < 4.78 is 41.2. The van der Waals surface area contributed by atoms with E-state index in [4.69, 9.17) is 4.74 Å². The maximum atomic E-state index is 12.1. The normalized spacial score (nSPS) is 15.7.